The highest BCUT2D eigenvalue weighted by atomic mass is 19.1. The van der Waals surface area contributed by atoms with E-state index in [1.165, 1.54) is 44.2 Å². The second kappa shape index (κ2) is 9.82. The van der Waals surface area contributed by atoms with Gasteiger partial charge in [0.25, 0.3) is 0 Å². The summed E-state index contributed by atoms with van der Waals surface area (Å²) in [5, 5.41) is 14.1. The third-order valence-electron chi connectivity index (χ3n) is 6.02. The first-order valence-electron chi connectivity index (χ1n) is 11.1. The molecule has 0 amide bonds. The van der Waals surface area contributed by atoms with Gasteiger partial charge in [-0.1, -0.05) is 59.1 Å². The van der Waals surface area contributed by atoms with E-state index >= 15 is 0 Å². The number of hydrogen-bond acceptors (Lipinski definition) is 3. The minimum absolute atomic E-state index is 0.0674. The molecule has 0 spiro atoms. The second-order valence-electron chi connectivity index (χ2n) is 8.90. The minimum Gasteiger partial charge on any atom is -0.392 e. The van der Waals surface area contributed by atoms with Gasteiger partial charge in [-0.25, -0.2) is 4.39 Å². The first-order valence-corrected chi connectivity index (χ1v) is 11.1. The molecule has 2 N–H and O–H groups in total. The van der Waals surface area contributed by atoms with Gasteiger partial charge in [0.1, 0.15) is 5.82 Å². The highest BCUT2D eigenvalue weighted by Crippen LogP contribution is 2.37. The summed E-state index contributed by atoms with van der Waals surface area (Å²) < 4.78 is 13.6. The van der Waals surface area contributed by atoms with Gasteiger partial charge in [-0.3, -0.25) is 4.98 Å². The normalized spacial score (nSPS) is 15.4. The molecule has 3 nitrogen and oxygen atoms in total. The van der Waals surface area contributed by atoms with Crippen LogP contribution < -0.4 is 5.32 Å². The Hall–Kier alpha value is -1.78. The zero-order chi connectivity index (χ0) is 21.0. The van der Waals surface area contributed by atoms with Crippen LogP contribution >= 0.6 is 0 Å². The topological polar surface area (TPSA) is 45.2 Å². The molecule has 0 bridgehead atoms. The molecule has 2 aromatic rings. The Morgan fingerprint density at radius 1 is 0.966 bits per heavy atom. The number of rotatable bonds is 7. The maximum atomic E-state index is 13.6. The summed E-state index contributed by atoms with van der Waals surface area (Å²) in [6.07, 6.45) is 6.33. The van der Waals surface area contributed by atoms with E-state index in [0.717, 1.165) is 40.2 Å². The Balaban J connectivity index is 2.14. The van der Waals surface area contributed by atoms with Crippen LogP contribution in [0.4, 0.5) is 4.39 Å². The van der Waals surface area contributed by atoms with Crippen molar-refractivity contribution in [3.05, 3.63) is 52.6 Å². The van der Waals surface area contributed by atoms with Crippen molar-refractivity contribution in [2.45, 2.75) is 90.8 Å². The third-order valence-corrected chi connectivity index (χ3v) is 6.02. The lowest BCUT2D eigenvalue weighted by molar-refractivity contribution is 0.279. The van der Waals surface area contributed by atoms with Gasteiger partial charge in [0.2, 0.25) is 0 Å². The van der Waals surface area contributed by atoms with Crippen molar-refractivity contribution in [1.82, 2.24) is 10.3 Å². The number of aliphatic hydroxyl groups excluding tert-OH is 1. The van der Waals surface area contributed by atoms with E-state index in [-0.39, 0.29) is 24.3 Å². The SMILES string of the molecule is CC(C)c1nc(C(C)C)c(CNC2CCCCC2)c(-c2ccc(F)cc2)c1CO. The number of benzene rings is 1. The molecule has 4 heteroatoms. The average Bonchev–Trinajstić information content (AvgIpc) is 2.72. The smallest absolute Gasteiger partial charge is 0.123 e. The summed E-state index contributed by atoms with van der Waals surface area (Å²) in [7, 11) is 0. The Morgan fingerprint density at radius 2 is 1.55 bits per heavy atom. The predicted octanol–water partition coefficient (Wildman–Crippen LogP) is 6.05. The van der Waals surface area contributed by atoms with Crippen LogP contribution in [-0.2, 0) is 13.2 Å². The fourth-order valence-corrected chi connectivity index (χ4v) is 4.52. The standard InChI is InChI=1S/C25H35FN2O/c1-16(2)24-21(14-27-20-8-6-5-7-9-20)23(18-10-12-19(26)13-11-18)22(15-29)25(28-24)17(3)4/h10-13,16-17,20,27,29H,5-9,14-15H2,1-4H3. The van der Waals surface area contributed by atoms with Crippen LogP contribution in [0.1, 0.15) is 94.1 Å². The molecule has 1 aliphatic rings. The quantitative estimate of drug-likeness (QED) is 0.597. The Kier molecular flexibility index (Phi) is 7.42. The van der Waals surface area contributed by atoms with Crippen molar-refractivity contribution < 1.29 is 9.50 Å². The first kappa shape index (κ1) is 21.9. The number of nitrogens with one attached hydrogen (secondary N) is 1. The van der Waals surface area contributed by atoms with Crippen molar-refractivity contribution in [3.63, 3.8) is 0 Å². The lowest BCUT2D eigenvalue weighted by Crippen LogP contribution is -2.31. The van der Waals surface area contributed by atoms with Crippen molar-refractivity contribution in [3.8, 4) is 11.1 Å². The molecule has 1 aromatic heterocycles. The molecule has 1 fully saturated rings. The summed E-state index contributed by atoms with van der Waals surface area (Å²) in [4.78, 5) is 5.04. The molecule has 1 saturated carbocycles. The highest BCUT2D eigenvalue weighted by Gasteiger charge is 2.24. The molecule has 0 unspecified atom stereocenters. The maximum absolute atomic E-state index is 13.6. The van der Waals surface area contributed by atoms with Crippen molar-refractivity contribution in [2.24, 2.45) is 0 Å². The van der Waals surface area contributed by atoms with Crippen LogP contribution in [0.3, 0.4) is 0 Å². The largest absolute Gasteiger partial charge is 0.392 e. The Morgan fingerprint density at radius 3 is 2.10 bits per heavy atom. The van der Waals surface area contributed by atoms with Gasteiger partial charge in [0.15, 0.2) is 0 Å². The summed E-state index contributed by atoms with van der Waals surface area (Å²) in [6, 6.07) is 7.18. The first-order chi connectivity index (χ1) is 13.9. The molecule has 3 rings (SSSR count). The van der Waals surface area contributed by atoms with E-state index in [1.54, 1.807) is 0 Å². The minimum atomic E-state index is -0.247. The van der Waals surface area contributed by atoms with Gasteiger partial charge in [-0.2, -0.15) is 0 Å². The van der Waals surface area contributed by atoms with Crippen LogP contribution in [-0.4, -0.2) is 16.1 Å². The molecule has 1 aromatic carbocycles. The van der Waals surface area contributed by atoms with Crippen LogP contribution in [0, 0.1) is 5.82 Å². The summed E-state index contributed by atoms with van der Waals surface area (Å²) in [5.41, 5.74) is 6.01. The lowest BCUT2D eigenvalue weighted by Gasteiger charge is -2.27. The maximum Gasteiger partial charge on any atom is 0.123 e. The number of nitrogens with zero attached hydrogens (tertiary/aromatic N) is 1. The van der Waals surface area contributed by atoms with E-state index in [2.05, 4.69) is 33.0 Å². The molecule has 0 saturated heterocycles. The molecular weight excluding hydrogens is 363 g/mol. The van der Waals surface area contributed by atoms with Crippen LogP contribution in [0.5, 0.6) is 0 Å². The van der Waals surface area contributed by atoms with Crippen molar-refractivity contribution >= 4 is 0 Å². The van der Waals surface area contributed by atoms with Gasteiger partial charge in [-0.05, 0) is 53.5 Å². The number of aromatic nitrogens is 1. The lowest BCUT2D eigenvalue weighted by atomic mass is 9.87. The van der Waals surface area contributed by atoms with Crippen molar-refractivity contribution in [1.29, 1.82) is 0 Å². The van der Waals surface area contributed by atoms with E-state index in [4.69, 9.17) is 4.98 Å². The van der Waals surface area contributed by atoms with Crippen LogP contribution in [0.15, 0.2) is 24.3 Å². The summed E-state index contributed by atoms with van der Waals surface area (Å²) in [6.45, 7) is 9.22. The van der Waals surface area contributed by atoms with E-state index < -0.39 is 0 Å². The molecule has 1 aliphatic carbocycles. The van der Waals surface area contributed by atoms with E-state index in [0.29, 0.717) is 6.04 Å². The fraction of sp³-hybridized carbons (Fsp3) is 0.560. The van der Waals surface area contributed by atoms with E-state index in [9.17, 15) is 9.50 Å². The molecule has 0 aliphatic heterocycles. The molecule has 0 atom stereocenters. The highest BCUT2D eigenvalue weighted by molar-refractivity contribution is 5.73. The monoisotopic (exact) mass is 398 g/mol. The average molecular weight is 399 g/mol. The molecular formula is C25H35FN2O. The molecule has 158 valence electrons. The summed E-state index contributed by atoms with van der Waals surface area (Å²) in [5.74, 6) is 0.222. The Bertz CT molecular complexity index is 809. The van der Waals surface area contributed by atoms with Gasteiger partial charge >= 0.3 is 0 Å². The predicted molar refractivity (Wildman–Crippen MR) is 117 cm³/mol. The second-order valence-corrected chi connectivity index (χ2v) is 8.90. The molecule has 1 heterocycles. The number of pyridine rings is 1. The zero-order valence-electron chi connectivity index (χ0n) is 18.3. The number of hydrogen-bond donors (Lipinski definition) is 2. The van der Waals surface area contributed by atoms with Crippen LogP contribution in [0.2, 0.25) is 0 Å². The zero-order valence-corrected chi connectivity index (χ0v) is 18.3. The van der Waals surface area contributed by atoms with Crippen molar-refractivity contribution in [2.75, 3.05) is 0 Å². The third kappa shape index (κ3) is 5.04. The Labute approximate surface area is 174 Å². The van der Waals surface area contributed by atoms with Gasteiger partial charge in [0.05, 0.1) is 6.61 Å². The van der Waals surface area contributed by atoms with Gasteiger partial charge in [-0.15, -0.1) is 0 Å². The number of halogens is 1. The fourth-order valence-electron chi connectivity index (χ4n) is 4.52. The van der Waals surface area contributed by atoms with Gasteiger partial charge < -0.3 is 10.4 Å². The summed E-state index contributed by atoms with van der Waals surface area (Å²) >= 11 is 0. The molecule has 0 radical (unpaired) electrons. The molecule has 29 heavy (non-hydrogen) atoms. The van der Waals surface area contributed by atoms with Gasteiger partial charge in [0, 0.05) is 29.5 Å². The number of aliphatic hydroxyl groups is 1. The van der Waals surface area contributed by atoms with E-state index in [1.807, 2.05) is 12.1 Å². The van der Waals surface area contributed by atoms with Crippen LogP contribution in [0.25, 0.3) is 11.1 Å².